The maximum Gasteiger partial charge on any atom is 0.335 e. The highest BCUT2D eigenvalue weighted by Crippen LogP contribution is 2.23. The molecule has 0 saturated carbocycles. The maximum atomic E-state index is 10.9. The second-order valence-corrected chi connectivity index (χ2v) is 4.44. The molecule has 0 aliphatic carbocycles. The zero-order chi connectivity index (χ0) is 16.1. The highest BCUT2D eigenvalue weighted by Gasteiger charge is 2.07. The number of rotatable bonds is 5. The number of aromatic carboxylic acids is 1. The molecule has 0 radical (unpaired) electrons. The lowest BCUT2D eigenvalue weighted by molar-refractivity contribution is -0.384. The van der Waals surface area contributed by atoms with Crippen LogP contribution in [0.1, 0.15) is 21.5 Å². The predicted octanol–water partition coefficient (Wildman–Crippen LogP) is 3.47. The number of nitro benzene ring substituents is 1. The maximum absolute atomic E-state index is 10.9. The minimum atomic E-state index is -1.02. The Labute approximate surface area is 126 Å². The lowest BCUT2D eigenvalue weighted by atomic mass is 10.1. The first kappa shape index (κ1) is 15.2. The van der Waals surface area contributed by atoms with Crippen LogP contribution in [-0.4, -0.2) is 23.1 Å². The van der Waals surface area contributed by atoms with Crippen molar-refractivity contribution in [1.82, 2.24) is 0 Å². The van der Waals surface area contributed by atoms with E-state index in [-0.39, 0.29) is 11.3 Å². The van der Waals surface area contributed by atoms with E-state index in [9.17, 15) is 14.9 Å². The number of nitro groups is 1. The number of methoxy groups -OCH3 is 1. The van der Waals surface area contributed by atoms with Crippen LogP contribution in [0.3, 0.4) is 0 Å². The van der Waals surface area contributed by atoms with Gasteiger partial charge >= 0.3 is 5.97 Å². The van der Waals surface area contributed by atoms with Gasteiger partial charge in [-0.05, 0) is 29.8 Å². The van der Waals surface area contributed by atoms with E-state index in [2.05, 4.69) is 0 Å². The molecule has 0 saturated heterocycles. The molecule has 6 heteroatoms. The van der Waals surface area contributed by atoms with E-state index in [1.165, 1.54) is 31.4 Å². The molecule has 0 spiro atoms. The number of nitrogens with zero attached hydrogens (tertiary/aromatic N) is 1. The Bertz CT molecular complexity index is 735. The van der Waals surface area contributed by atoms with Crippen LogP contribution in [0.15, 0.2) is 42.5 Å². The molecular weight excluding hydrogens is 286 g/mol. The van der Waals surface area contributed by atoms with Gasteiger partial charge in [0, 0.05) is 17.7 Å². The molecule has 0 amide bonds. The lowest BCUT2D eigenvalue weighted by Crippen LogP contribution is -1.97. The number of hydrogen-bond donors (Lipinski definition) is 1. The van der Waals surface area contributed by atoms with Crippen molar-refractivity contribution < 1.29 is 19.6 Å². The third-order valence-electron chi connectivity index (χ3n) is 3.04. The zero-order valence-corrected chi connectivity index (χ0v) is 11.7. The first-order chi connectivity index (χ1) is 10.5. The molecule has 6 nitrogen and oxygen atoms in total. The van der Waals surface area contributed by atoms with Crippen molar-refractivity contribution in [1.29, 1.82) is 0 Å². The van der Waals surface area contributed by atoms with Gasteiger partial charge in [0.2, 0.25) is 0 Å². The largest absolute Gasteiger partial charge is 0.496 e. The zero-order valence-electron chi connectivity index (χ0n) is 11.7. The van der Waals surface area contributed by atoms with E-state index in [0.717, 1.165) is 5.56 Å². The average Bonchev–Trinajstić information content (AvgIpc) is 2.52. The molecule has 1 N–H and O–H groups in total. The lowest BCUT2D eigenvalue weighted by Gasteiger charge is -2.05. The van der Waals surface area contributed by atoms with Gasteiger partial charge in [-0.15, -0.1) is 0 Å². The summed E-state index contributed by atoms with van der Waals surface area (Å²) in [6, 6.07) is 10.7. The smallest absolute Gasteiger partial charge is 0.335 e. The van der Waals surface area contributed by atoms with E-state index in [4.69, 9.17) is 9.84 Å². The SMILES string of the molecule is COc1cc(C(=O)O)ccc1/C=C/c1ccc([N+](=O)[O-])cc1. The fourth-order valence-electron chi connectivity index (χ4n) is 1.88. The average molecular weight is 299 g/mol. The third kappa shape index (κ3) is 3.49. The second kappa shape index (κ2) is 6.53. The van der Waals surface area contributed by atoms with E-state index < -0.39 is 10.9 Å². The molecule has 0 unspecified atom stereocenters. The van der Waals surface area contributed by atoms with Gasteiger partial charge in [-0.3, -0.25) is 10.1 Å². The Kier molecular flexibility index (Phi) is 4.53. The fraction of sp³-hybridized carbons (Fsp3) is 0.0625. The van der Waals surface area contributed by atoms with Crippen LogP contribution in [0.2, 0.25) is 0 Å². The molecule has 2 rings (SSSR count). The molecular formula is C16H13NO5. The Morgan fingerprint density at radius 2 is 1.86 bits per heavy atom. The van der Waals surface area contributed by atoms with Gasteiger partial charge in [-0.25, -0.2) is 4.79 Å². The Balaban J connectivity index is 2.25. The van der Waals surface area contributed by atoms with Crippen molar-refractivity contribution in [2.75, 3.05) is 7.11 Å². The van der Waals surface area contributed by atoms with E-state index in [0.29, 0.717) is 11.3 Å². The topological polar surface area (TPSA) is 89.7 Å². The van der Waals surface area contributed by atoms with Crippen LogP contribution in [0.4, 0.5) is 5.69 Å². The summed E-state index contributed by atoms with van der Waals surface area (Å²) in [6.07, 6.45) is 3.52. The monoisotopic (exact) mass is 299 g/mol. The quantitative estimate of drug-likeness (QED) is 0.518. The molecule has 0 heterocycles. The van der Waals surface area contributed by atoms with Gasteiger partial charge in [0.05, 0.1) is 17.6 Å². The van der Waals surface area contributed by atoms with E-state index >= 15 is 0 Å². The van der Waals surface area contributed by atoms with Crippen LogP contribution < -0.4 is 4.74 Å². The van der Waals surface area contributed by atoms with Gasteiger partial charge in [0.15, 0.2) is 0 Å². The molecule has 0 aliphatic rings. The highest BCUT2D eigenvalue weighted by molar-refractivity contribution is 5.89. The number of non-ortho nitro benzene ring substituents is 1. The molecule has 0 aromatic heterocycles. The minimum Gasteiger partial charge on any atom is -0.496 e. The van der Waals surface area contributed by atoms with Crippen LogP contribution in [0, 0.1) is 10.1 Å². The molecule has 2 aromatic rings. The van der Waals surface area contributed by atoms with Crippen LogP contribution in [-0.2, 0) is 0 Å². The van der Waals surface area contributed by atoms with Gasteiger partial charge in [-0.1, -0.05) is 18.2 Å². The highest BCUT2D eigenvalue weighted by atomic mass is 16.6. The van der Waals surface area contributed by atoms with Gasteiger partial charge in [0.1, 0.15) is 5.75 Å². The first-order valence-electron chi connectivity index (χ1n) is 6.35. The third-order valence-corrected chi connectivity index (χ3v) is 3.04. The number of carboxylic acids is 1. The van der Waals surface area contributed by atoms with Crippen LogP contribution >= 0.6 is 0 Å². The summed E-state index contributed by atoms with van der Waals surface area (Å²) in [5.41, 5.74) is 1.67. The number of benzene rings is 2. The van der Waals surface area contributed by atoms with Gasteiger partial charge in [0.25, 0.3) is 5.69 Å². The predicted molar refractivity (Wildman–Crippen MR) is 82.0 cm³/mol. The molecule has 0 bridgehead atoms. The number of ether oxygens (including phenoxy) is 1. The summed E-state index contributed by atoms with van der Waals surface area (Å²) in [5, 5.41) is 19.5. The molecule has 22 heavy (non-hydrogen) atoms. The summed E-state index contributed by atoms with van der Waals surface area (Å²) in [5.74, 6) is -0.581. The summed E-state index contributed by atoms with van der Waals surface area (Å²) in [6.45, 7) is 0. The Morgan fingerprint density at radius 1 is 1.18 bits per heavy atom. The van der Waals surface area contributed by atoms with Crippen molar-refractivity contribution in [3.63, 3.8) is 0 Å². The summed E-state index contributed by atoms with van der Waals surface area (Å²) < 4.78 is 5.17. The molecule has 0 fully saturated rings. The number of carboxylic acid groups (broad SMARTS) is 1. The first-order valence-corrected chi connectivity index (χ1v) is 6.35. The summed E-state index contributed by atoms with van der Waals surface area (Å²) in [7, 11) is 1.46. The summed E-state index contributed by atoms with van der Waals surface area (Å²) >= 11 is 0. The number of hydrogen-bond acceptors (Lipinski definition) is 4. The summed E-state index contributed by atoms with van der Waals surface area (Å²) in [4.78, 5) is 21.0. The second-order valence-electron chi connectivity index (χ2n) is 4.44. The molecule has 2 aromatic carbocycles. The Morgan fingerprint density at radius 3 is 2.41 bits per heavy atom. The minimum absolute atomic E-state index is 0.0283. The van der Waals surface area contributed by atoms with Crippen molar-refractivity contribution >= 4 is 23.8 Å². The standard InChI is InChI=1S/C16H13NO5/c1-22-15-10-13(16(18)19)7-6-12(15)5-2-11-3-8-14(9-4-11)17(20)21/h2-10H,1H3,(H,18,19)/b5-2+. The molecule has 0 atom stereocenters. The van der Waals surface area contributed by atoms with Crippen molar-refractivity contribution in [2.45, 2.75) is 0 Å². The molecule has 112 valence electrons. The van der Waals surface area contributed by atoms with Crippen molar-refractivity contribution in [2.24, 2.45) is 0 Å². The normalized spacial score (nSPS) is 10.6. The van der Waals surface area contributed by atoms with Crippen molar-refractivity contribution in [3.05, 3.63) is 69.3 Å². The fourth-order valence-corrected chi connectivity index (χ4v) is 1.88. The van der Waals surface area contributed by atoms with Crippen molar-refractivity contribution in [3.8, 4) is 5.75 Å². The van der Waals surface area contributed by atoms with Crippen LogP contribution in [0.5, 0.6) is 5.75 Å². The number of carbonyl (C=O) groups is 1. The van der Waals surface area contributed by atoms with E-state index in [1.54, 1.807) is 30.4 Å². The van der Waals surface area contributed by atoms with Gasteiger partial charge in [-0.2, -0.15) is 0 Å². The Hall–Kier alpha value is -3.15. The molecule has 0 aliphatic heterocycles. The van der Waals surface area contributed by atoms with Gasteiger partial charge < -0.3 is 9.84 Å². The van der Waals surface area contributed by atoms with E-state index in [1.807, 2.05) is 0 Å². The van der Waals surface area contributed by atoms with Crippen LogP contribution in [0.25, 0.3) is 12.2 Å².